The minimum absolute atomic E-state index is 0.0849. The monoisotopic (exact) mass is 520 g/mol. The van der Waals surface area contributed by atoms with Gasteiger partial charge >= 0.3 is 188 Å². The van der Waals surface area contributed by atoms with Gasteiger partial charge < -0.3 is 0 Å². The number of carbonyl (C=O) groups is 1. The van der Waals surface area contributed by atoms with E-state index in [1.54, 1.807) is 6.07 Å². The number of aryl methyl sites for hydroxylation is 1. The summed E-state index contributed by atoms with van der Waals surface area (Å²) in [6, 6.07) is 5.36. The number of hydrogen-bond acceptors (Lipinski definition) is 3. The van der Waals surface area contributed by atoms with Gasteiger partial charge in [0.05, 0.1) is 0 Å². The maximum absolute atomic E-state index is 13.6. The normalized spacial score (nSPS) is 22.7. The topological polar surface area (TPSA) is 46.5 Å². The molecule has 30 heavy (non-hydrogen) atoms. The van der Waals surface area contributed by atoms with Crippen LogP contribution < -0.4 is 0 Å². The van der Waals surface area contributed by atoms with Crippen molar-refractivity contribution in [2.45, 2.75) is 115 Å². The zero-order valence-electron chi connectivity index (χ0n) is 18.8. The van der Waals surface area contributed by atoms with Crippen molar-refractivity contribution in [2.24, 2.45) is 0 Å². The molecule has 1 aromatic rings. The van der Waals surface area contributed by atoms with Crippen LogP contribution in [0.15, 0.2) is 18.2 Å². The Balaban J connectivity index is 1.73. The van der Waals surface area contributed by atoms with Crippen LogP contribution in [0.4, 0.5) is 0 Å². The van der Waals surface area contributed by atoms with Crippen LogP contribution in [0.2, 0.25) is 11.8 Å². The molecule has 3 fully saturated rings. The van der Waals surface area contributed by atoms with E-state index in [1.165, 1.54) is 96.3 Å². The molecule has 0 unspecified atom stereocenters. The van der Waals surface area contributed by atoms with Gasteiger partial charge in [0, 0.05) is 0 Å². The summed E-state index contributed by atoms with van der Waals surface area (Å²) in [7, 11) is 0. The molecule has 0 radical (unpaired) electrons. The molecule has 166 valence electrons. The summed E-state index contributed by atoms with van der Waals surface area (Å²) in [4.78, 5) is 13.6. The number of benzene rings is 1. The van der Waals surface area contributed by atoms with Crippen LogP contribution in [0.3, 0.4) is 0 Å². The number of aromatic hydroxyl groups is 1. The average Bonchev–Trinajstić information content (AvgIpc) is 2.80. The first-order valence-corrected chi connectivity index (χ1v) is 18.7. The van der Waals surface area contributed by atoms with E-state index < -0.39 is 18.8 Å². The van der Waals surface area contributed by atoms with Gasteiger partial charge in [0.2, 0.25) is 0 Å². The molecule has 3 aliphatic carbocycles. The van der Waals surface area contributed by atoms with Gasteiger partial charge in [-0.1, -0.05) is 0 Å². The number of rotatable bonds is 5. The summed E-state index contributed by atoms with van der Waals surface area (Å²) in [5, 5.41) is 10.5. The van der Waals surface area contributed by atoms with Gasteiger partial charge in [-0.05, 0) is 0 Å². The van der Waals surface area contributed by atoms with E-state index in [1.807, 2.05) is 19.1 Å². The number of hydrogen-bond donors (Lipinski definition) is 1. The van der Waals surface area contributed by atoms with Crippen LogP contribution in [0.5, 0.6) is 5.75 Å². The standard InChI is InChI=1S/C8H8O3.3C6H11.Sn/c1-5-2-3-7(9)6(4-5)8(10)11;3*1-2-4-6-5-3-1;/h2-4,9H,1H3,(H,10,11);3*1H,2-6H2;/q;;;;+1/p-1. The van der Waals surface area contributed by atoms with E-state index in [9.17, 15) is 9.90 Å². The van der Waals surface area contributed by atoms with E-state index in [-0.39, 0.29) is 11.7 Å². The van der Waals surface area contributed by atoms with E-state index in [0.29, 0.717) is 17.4 Å². The Hall–Kier alpha value is -0.711. The third-order valence-electron chi connectivity index (χ3n) is 8.37. The molecule has 0 atom stereocenters. The first-order valence-electron chi connectivity index (χ1n) is 12.6. The second-order valence-electron chi connectivity index (χ2n) is 10.3. The Kier molecular flexibility index (Phi) is 7.70. The molecule has 0 spiro atoms. The quantitative estimate of drug-likeness (QED) is 0.404. The number of phenolic OH excluding ortho intramolecular Hbond substituents is 1. The molecule has 3 saturated carbocycles. The zero-order valence-corrected chi connectivity index (χ0v) is 21.7. The maximum atomic E-state index is 13.6. The van der Waals surface area contributed by atoms with Crippen molar-refractivity contribution in [1.29, 1.82) is 0 Å². The Bertz CT molecular complexity index is 667. The van der Waals surface area contributed by atoms with E-state index in [4.69, 9.17) is 3.07 Å². The van der Waals surface area contributed by atoms with Crippen LogP contribution in [0.1, 0.15) is 112 Å². The molecular formula is C26H40O3Sn. The molecule has 3 nitrogen and oxygen atoms in total. The van der Waals surface area contributed by atoms with Gasteiger partial charge in [-0.15, -0.1) is 0 Å². The Morgan fingerprint density at radius 3 is 1.67 bits per heavy atom. The predicted octanol–water partition coefficient (Wildman–Crippen LogP) is 7.81. The van der Waals surface area contributed by atoms with Gasteiger partial charge in [0.1, 0.15) is 0 Å². The van der Waals surface area contributed by atoms with Crippen LogP contribution in [-0.2, 0) is 3.07 Å². The van der Waals surface area contributed by atoms with Crippen molar-refractivity contribution in [3.8, 4) is 5.75 Å². The van der Waals surface area contributed by atoms with Gasteiger partial charge in [0.25, 0.3) is 0 Å². The van der Waals surface area contributed by atoms with Crippen molar-refractivity contribution in [2.75, 3.05) is 0 Å². The Morgan fingerprint density at radius 2 is 1.23 bits per heavy atom. The van der Waals surface area contributed by atoms with Crippen molar-refractivity contribution in [1.82, 2.24) is 0 Å². The zero-order chi connectivity index (χ0) is 21.0. The minimum atomic E-state index is -3.36. The number of phenols is 1. The molecule has 1 aromatic carbocycles. The molecule has 3 aliphatic rings. The van der Waals surface area contributed by atoms with Gasteiger partial charge in [-0.25, -0.2) is 0 Å². The Labute approximate surface area is 187 Å². The van der Waals surface area contributed by atoms with Crippen molar-refractivity contribution >= 4 is 24.8 Å². The second-order valence-corrected chi connectivity index (χ2v) is 22.7. The summed E-state index contributed by atoms with van der Waals surface area (Å²) in [5.74, 6) is -0.115. The number of carbonyl (C=O) groups excluding carboxylic acids is 1. The van der Waals surface area contributed by atoms with Crippen molar-refractivity contribution in [3.05, 3.63) is 29.3 Å². The molecule has 1 N–H and O–H groups in total. The SMILES string of the molecule is Cc1ccc(O)c(C(=O)[O][Sn]([CH]2CCCCC2)([CH]2CCCCC2)[CH]2CCCCC2)c1. The van der Waals surface area contributed by atoms with Crippen LogP contribution >= 0.6 is 0 Å². The van der Waals surface area contributed by atoms with Crippen molar-refractivity contribution in [3.63, 3.8) is 0 Å². The fourth-order valence-corrected chi connectivity index (χ4v) is 26.5. The van der Waals surface area contributed by atoms with E-state index in [0.717, 1.165) is 5.56 Å². The molecule has 0 amide bonds. The van der Waals surface area contributed by atoms with E-state index in [2.05, 4.69) is 0 Å². The molecule has 0 saturated heterocycles. The molecule has 0 aliphatic heterocycles. The van der Waals surface area contributed by atoms with Gasteiger partial charge in [-0.3, -0.25) is 0 Å². The van der Waals surface area contributed by atoms with Gasteiger partial charge in [0.15, 0.2) is 0 Å². The molecular weight excluding hydrogens is 479 g/mol. The molecule has 0 bridgehead atoms. The van der Waals surface area contributed by atoms with Gasteiger partial charge in [-0.2, -0.15) is 0 Å². The first-order chi connectivity index (χ1) is 14.6. The summed E-state index contributed by atoms with van der Waals surface area (Å²) >= 11 is -3.36. The predicted molar refractivity (Wildman–Crippen MR) is 125 cm³/mol. The van der Waals surface area contributed by atoms with Crippen LogP contribution in [0.25, 0.3) is 0 Å². The Morgan fingerprint density at radius 1 is 0.800 bits per heavy atom. The fourth-order valence-electron chi connectivity index (χ4n) is 6.94. The summed E-state index contributed by atoms with van der Waals surface area (Å²) < 4.78 is 9.06. The first kappa shape index (κ1) is 22.5. The van der Waals surface area contributed by atoms with Crippen LogP contribution in [-0.4, -0.2) is 29.9 Å². The van der Waals surface area contributed by atoms with Crippen LogP contribution in [0, 0.1) is 6.92 Å². The van der Waals surface area contributed by atoms with E-state index >= 15 is 0 Å². The molecule has 4 heteroatoms. The van der Waals surface area contributed by atoms with Crippen molar-refractivity contribution < 1.29 is 13.0 Å². The summed E-state index contributed by atoms with van der Waals surface area (Å²) in [5.41, 5.74) is 1.41. The summed E-state index contributed by atoms with van der Waals surface area (Å²) in [6.45, 7) is 1.98. The summed E-state index contributed by atoms with van der Waals surface area (Å²) in [6.07, 6.45) is 19.7. The average molecular weight is 519 g/mol. The molecule has 0 aromatic heterocycles. The molecule has 0 heterocycles. The third-order valence-corrected chi connectivity index (χ3v) is 25.8. The second kappa shape index (κ2) is 10.3. The molecule has 4 rings (SSSR count). The third kappa shape index (κ3) is 4.71. The fraction of sp³-hybridized carbons (Fsp3) is 0.731.